The highest BCUT2D eigenvalue weighted by Gasteiger charge is 2.53. The van der Waals surface area contributed by atoms with Crippen molar-refractivity contribution in [2.24, 2.45) is 0 Å². The summed E-state index contributed by atoms with van der Waals surface area (Å²) in [7, 11) is 1.52. The maximum Gasteiger partial charge on any atom is 0.277 e. The van der Waals surface area contributed by atoms with E-state index in [4.69, 9.17) is 4.74 Å². The van der Waals surface area contributed by atoms with Crippen molar-refractivity contribution in [2.45, 2.75) is 50.3 Å². The van der Waals surface area contributed by atoms with Crippen LogP contribution >= 0.6 is 0 Å². The molecule has 0 bridgehead atoms. The van der Waals surface area contributed by atoms with E-state index in [1.165, 1.54) is 7.11 Å². The number of rotatable bonds is 4. The first kappa shape index (κ1) is 17.0. The summed E-state index contributed by atoms with van der Waals surface area (Å²) in [5.41, 5.74) is 0.706. The number of methoxy groups -OCH3 is 1. The van der Waals surface area contributed by atoms with E-state index in [1.54, 1.807) is 17.6 Å². The molecule has 8 nitrogen and oxygen atoms in total. The van der Waals surface area contributed by atoms with Crippen LogP contribution in [-0.4, -0.2) is 62.9 Å². The number of hydrogen-bond donors (Lipinski definition) is 1. The molecular formula is C18H23N5O3. The van der Waals surface area contributed by atoms with Gasteiger partial charge in [-0.3, -0.25) is 9.59 Å². The van der Waals surface area contributed by atoms with Crippen LogP contribution in [-0.2, 0) is 9.53 Å². The van der Waals surface area contributed by atoms with Gasteiger partial charge in [0.25, 0.3) is 5.91 Å². The van der Waals surface area contributed by atoms with Crippen molar-refractivity contribution in [1.29, 1.82) is 0 Å². The summed E-state index contributed by atoms with van der Waals surface area (Å²) in [6.07, 6.45) is 4.77. The topological polar surface area (TPSA) is 88.8 Å². The summed E-state index contributed by atoms with van der Waals surface area (Å²) >= 11 is 0. The predicted molar refractivity (Wildman–Crippen MR) is 93.6 cm³/mol. The minimum Gasteiger partial charge on any atom is -0.372 e. The second kappa shape index (κ2) is 6.35. The Bertz CT molecular complexity index is 850. The second-order valence-electron chi connectivity index (χ2n) is 7.15. The smallest absolute Gasteiger partial charge is 0.277 e. The lowest BCUT2D eigenvalue weighted by Gasteiger charge is -2.33. The quantitative estimate of drug-likeness (QED) is 0.882. The lowest BCUT2D eigenvalue weighted by Crippen LogP contribution is -2.56. The van der Waals surface area contributed by atoms with Crippen LogP contribution in [0.15, 0.2) is 24.4 Å². The fourth-order valence-electron chi connectivity index (χ4n) is 4.31. The van der Waals surface area contributed by atoms with Gasteiger partial charge in [-0.25, -0.2) is 4.52 Å². The molecule has 3 heterocycles. The van der Waals surface area contributed by atoms with Crippen molar-refractivity contribution in [3.05, 3.63) is 30.1 Å². The predicted octanol–water partition coefficient (Wildman–Crippen LogP) is 1.02. The first-order valence-corrected chi connectivity index (χ1v) is 9.01. The molecule has 2 aromatic rings. The maximum absolute atomic E-state index is 13.2. The van der Waals surface area contributed by atoms with Gasteiger partial charge in [0.1, 0.15) is 6.10 Å². The largest absolute Gasteiger partial charge is 0.372 e. The molecule has 26 heavy (non-hydrogen) atoms. The molecule has 8 heteroatoms. The molecule has 1 saturated carbocycles. The molecule has 1 aliphatic carbocycles. The third-order valence-corrected chi connectivity index (χ3v) is 5.79. The number of carbonyl (C=O) groups is 2. The third-order valence-electron chi connectivity index (χ3n) is 5.79. The van der Waals surface area contributed by atoms with E-state index in [-0.39, 0.29) is 23.4 Å². The number of likely N-dealkylation sites (tertiary alicyclic amines) is 1. The molecule has 2 amide bonds. The van der Waals surface area contributed by atoms with Crippen molar-refractivity contribution >= 4 is 17.3 Å². The summed E-state index contributed by atoms with van der Waals surface area (Å²) in [5, 5.41) is 11.3. The van der Waals surface area contributed by atoms with Gasteiger partial charge in [0.2, 0.25) is 5.91 Å². The molecule has 1 saturated heterocycles. The summed E-state index contributed by atoms with van der Waals surface area (Å²) in [6.45, 7) is 2.34. The van der Waals surface area contributed by atoms with Crippen LogP contribution in [0.2, 0.25) is 0 Å². The zero-order chi connectivity index (χ0) is 18.3. The highest BCUT2D eigenvalue weighted by molar-refractivity contribution is 5.99. The fourth-order valence-corrected chi connectivity index (χ4v) is 4.31. The van der Waals surface area contributed by atoms with Gasteiger partial charge in [0.05, 0.1) is 17.1 Å². The van der Waals surface area contributed by atoms with Gasteiger partial charge < -0.3 is 15.0 Å². The molecule has 3 atom stereocenters. The SMILES string of the molecule is COC(C)C(=O)NC12CCCC1N(C(=O)c1nnn3ccccc13)CC2. The Morgan fingerprint density at radius 3 is 3.04 bits per heavy atom. The standard InChI is InChI=1S/C18H23N5O3/c1-12(26-2)16(24)19-18-8-5-7-14(18)22(11-9-18)17(25)15-13-6-3-4-10-23(13)21-20-15/h3-4,6,10,12,14H,5,7-9,11H2,1-2H3,(H,19,24). The zero-order valence-corrected chi connectivity index (χ0v) is 15.0. The number of nitrogens with zero attached hydrogens (tertiary/aromatic N) is 4. The van der Waals surface area contributed by atoms with Gasteiger partial charge in [-0.2, -0.15) is 0 Å². The van der Waals surface area contributed by atoms with E-state index in [2.05, 4.69) is 15.6 Å². The highest BCUT2D eigenvalue weighted by Crippen LogP contribution is 2.42. The van der Waals surface area contributed by atoms with E-state index in [1.807, 2.05) is 23.1 Å². The summed E-state index contributed by atoms with van der Waals surface area (Å²) in [6, 6.07) is 5.54. The van der Waals surface area contributed by atoms with Crippen LogP contribution in [0.1, 0.15) is 43.1 Å². The van der Waals surface area contributed by atoms with Gasteiger partial charge in [0.15, 0.2) is 5.69 Å². The molecule has 0 spiro atoms. The molecule has 2 aliphatic rings. The van der Waals surface area contributed by atoms with Gasteiger partial charge >= 0.3 is 0 Å². The molecule has 0 aromatic carbocycles. The number of pyridine rings is 1. The second-order valence-corrected chi connectivity index (χ2v) is 7.15. The Morgan fingerprint density at radius 1 is 1.38 bits per heavy atom. The maximum atomic E-state index is 13.2. The molecule has 3 unspecified atom stereocenters. The Balaban J connectivity index is 1.59. The summed E-state index contributed by atoms with van der Waals surface area (Å²) in [5.74, 6) is -0.239. The average Bonchev–Trinajstić information content (AvgIpc) is 3.33. The Labute approximate surface area is 151 Å². The molecule has 0 radical (unpaired) electrons. The van der Waals surface area contributed by atoms with Gasteiger partial charge in [-0.15, -0.1) is 5.10 Å². The van der Waals surface area contributed by atoms with Crippen molar-refractivity contribution in [1.82, 2.24) is 25.0 Å². The Hall–Kier alpha value is -2.48. The van der Waals surface area contributed by atoms with Crippen molar-refractivity contribution < 1.29 is 14.3 Å². The molecule has 1 N–H and O–H groups in total. The molecule has 2 fully saturated rings. The number of hydrogen-bond acceptors (Lipinski definition) is 5. The number of nitrogens with one attached hydrogen (secondary N) is 1. The minimum absolute atomic E-state index is 0.0107. The Kier molecular flexibility index (Phi) is 4.14. The lowest BCUT2D eigenvalue weighted by atomic mass is 9.92. The van der Waals surface area contributed by atoms with E-state index in [0.29, 0.717) is 17.8 Å². The van der Waals surface area contributed by atoms with Crippen molar-refractivity contribution in [3.8, 4) is 0 Å². The van der Waals surface area contributed by atoms with Crippen LogP contribution in [0, 0.1) is 0 Å². The summed E-state index contributed by atoms with van der Waals surface area (Å²) in [4.78, 5) is 27.4. The number of ether oxygens (including phenoxy) is 1. The number of carbonyl (C=O) groups excluding carboxylic acids is 2. The van der Waals surface area contributed by atoms with Crippen LogP contribution in [0.25, 0.3) is 5.52 Å². The van der Waals surface area contributed by atoms with Gasteiger partial charge in [-0.05, 0) is 44.7 Å². The van der Waals surface area contributed by atoms with Crippen molar-refractivity contribution in [2.75, 3.05) is 13.7 Å². The average molecular weight is 357 g/mol. The number of fused-ring (bicyclic) bond motifs is 2. The summed E-state index contributed by atoms with van der Waals surface area (Å²) < 4.78 is 6.74. The Morgan fingerprint density at radius 2 is 2.23 bits per heavy atom. The number of amides is 2. The lowest BCUT2D eigenvalue weighted by molar-refractivity contribution is -0.132. The van der Waals surface area contributed by atoms with Gasteiger partial charge in [-0.1, -0.05) is 11.3 Å². The van der Waals surface area contributed by atoms with E-state index < -0.39 is 6.10 Å². The monoisotopic (exact) mass is 357 g/mol. The van der Waals surface area contributed by atoms with Gasteiger partial charge in [0, 0.05) is 19.9 Å². The van der Waals surface area contributed by atoms with E-state index in [0.717, 1.165) is 25.7 Å². The third kappa shape index (κ3) is 2.56. The fraction of sp³-hybridized carbons (Fsp3) is 0.556. The normalized spacial score (nSPS) is 26.1. The van der Waals surface area contributed by atoms with Crippen molar-refractivity contribution in [3.63, 3.8) is 0 Å². The minimum atomic E-state index is -0.503. The first-order valence-electron chi connectivity index (χ1n) is 9.01. The zero-order valence-electron chi connectivity index (χ0n) is 15.0. The van der Waals surface area contributed by atoms with Crippen LogP contribution in [0.5, 0.6) is 0 Å². The van der Waals surface area contributed by atoms with Crippen LogP contribution < -0.4 is 5.32 Å². The molecule has 138 valence electrons. The van der Waals surface area contributed by atoms with Crippen LogP contribution in [0.4, 0.5) is 0 Å². The molecule has 4 rings (SSSR count). The first-order chi connectivity index (χ1) is 12.6. The number of aromatic nitrogens is 3. The molecule has 2 aromatic heterocycles. The molecular weight excluding hydrogens is 334 g/mol. The highest BCUT2D eigenvalue weighted by atomic mass is 16.5. The molecule has 1 aliphatic heterocycles. The van der Waals surface area contributed by atoms with E-state index in [9.17, 15) is 9.59 Å². The van der Waals surface area contributed by atoms with E-state index >= 15 is 0 Å². The van der Waals surface area contributed by atoms with Crippen LogP contribution in [0.3, 0.4) is 0 Å².